The Morgan fingerprint density at radius 2 is 1.60 bits per heavy atom. The van der Waals surface area contributed by atoms with Crippen LogP contribution in [0.4, 0.5) is 4.79 Å². The number of nitrogens with zero attached hydrogens (tertiary/aromatic N) is 1. The molecule has 0 saturated heterocycles. The van der Waals surface area contributed by atoms with Gasteiger partial charge in [0.1, 0.15) is 23.4 Å². The molecule has 0 fully saturated rings. The number of para-hydroxylation sites is 1. The van der Waals surface area contributed by atoms with E-state index in [1.165, 1.54) is 6.42 Å². The molecule has 1 aromatic carbocycles. The zero-order chi connectivity index (χ0) is 30.3. The van der Waals surface area contributed by atoms with Gasteiger partial charge in [0.15, 0.2) is 0 Å². The second kappa shape index (κ2) is 17.8. The highest BCUT2D eigenvalue weighted by molar-refractivity contribution is 5.92. The first-order chi connectivity index (χ1) is 18.8. The van der Waals surface area contributed by atoms with Gasteiger partial charge in [-0.3, -0.25) is 9.59 Å². The van der Waals surface area contributed by atoms with Gasteiger partial charge in [-0.05, 0) is 58.4 Å². The fourth-order valence-electron chi connectivity index (χ4n) is 4.61. The van der Waals surface area contributed by atoms with Crippen LogP contribution in [0.5, 0.6) is 5.75 Å². The van der Waals surface area contributed by atoms with Crippen LogP contribution in [-0.4, -0.2) is 52.6 Å². The third kappa shape index (κ3) is 12.6. The molecule has 0 aromatic heterocycles. The molecule has 3 N–H and O–H groups in total. The minimum atomic E-state index is -1.03. The maximum atomic E-state index is 14.3. The molecule has 0 spiro atoms. The number of rotatable bonds is 17. The van der Waals surface area contributed by atoms with E-state index in [1.54, 1.807) is 50.8 Å². The number of carbonyl (C=O) groups excluding carboxylic acids is 3. The molecule has 8 heteroatoms. The van der Waals surface area contributed by atoms with Crippen molar-refractivity contribution in [3.63, 3.8) is 0 Å². The summed E-state index contributed by atoms with van der Waals surface area (Å²) in [7, 11) is 0. The molecule has 0 bridgehead atoms. The summed E-state index contributed by atoms with van der Waals surface area (Å²) in [4.78, 5) is 42.3. The molecule has 2 unspecified atom stereocenters. The first-order valence-electron chi connectivity index (χ1n) is 15.2. The van der Waals surface area contributed by atoms with Crippen molar-refractivity contribution in [1.82, 2.24) is 15.5 Å². The summed E-state index contributed by atoms with van der Waals surface area (Å²) in [6.07, 6.45) is 7.54. The van der Waals surface area contributed by atoms with Crippen LogP contribution in [0.2, 0.25) is 0 Å². The molecule has 0 radical (unpaired) electrons. The number of aryl methyl sites for hydroxylation is 1. The van der Waals surface area contributed by atoms with Gasteiger partial charge in [0.2, 0.25) is 11.8 Å². The van der Waals surface area contributed by atoms with E-state index < -0.39 is 23.8 Å². The smallest absolute Gasteiger partial charge is 0.408 e. The summed E-state index contributed by atoms with van der Waals surface area (Å²) in [6, 6.07) is 3.35. The number of ether oxygens (including phenoxy) is 1. The molecule has 228 valence electrons. The summed E-state index contributed by atoms with van der Waals surface area (Å²) in [5.41, 5.74) is 0.290. The lowest BCUT2D eigenvalue weighted by Crippen LogP contribution is -2.53. The monoisotopic (exact) mass is 561 g/mol. The number of aromatic hydroxyl groups is 1. The highest BCUT2D eigenvalue weighted by Crippen LogP contribution is 2.33. The van der Waals surface area contributed by atoms with Crippen LogP contribution >= 0.6 is 0 Å². The predicted octanol–water partition coefficient (Wildman–Crippen LogP) is 6.79. The molecule has 0 aliphatic carbocycles. The lowest BCUT2D eigenvalue weighted by atomic mass is 9.97. The van der Waals surface area contributed by atoms with Crippen molar-refractivity contribution in [2.75, 3.05) is 13.1 Å². The van der Waals surface area contributed by atoms with E-state index in [9.17, 15) is 19.5 Å². The zero-order valence-electron chi connectivity index (χ0n) is 26.3. The van der Waals surface area contributed by atoms with E-state index in [1.807, 2.05) is 20.8 Å². The number of phenolic OH excluding ortho intramolecular Hbond substituents is 1. The van der Waals surface area contributed by atoms with Gasteiger partial charge in [0, 0.05) is 18.7 Å². The standard InChI is InChI=1S/C32H55N3O5/c1-9-11-13-14-15-16-21-35(30(38)26(22-23(3)4)34-31(39)40-32(6,7)8)27(29(37)33-20-12-10-2)25-19-17-18-24(5)28(25)36/h17-19,23,26-27,36H,9-16,20-22H2,1-8H3,(H,33,37)(H,34,39). The van der Waals surface area contributed by atoms with Gasteiger partial charge < -0.3 is 25.4 Å². The van der Waals surface area contributed by atoms with Crippen molar-refractivity contribution in [2.24, 2.45) is 5.92 Å². The van der Waals surface area contributed by atoms with Crippen LogP contribution < -0.4 is 10.6 Å². The maximum absolute atomic E-state index is 14.3. The molecule has 2 atom stereocenters. The number of unbranched alkanes of at least 4 members (excludes halogenated alkanes) is 6. The highest BCUT2D eigenvalue weighted by Gasteiger charge is 2.37. The number of nitrogens with one attached hydrogen (secondary N) is 2. The number of hydrogen-bond acceptors (Lipinski definition) is 5. The Kier molecular flexibility index (Phi) is 15.7. The molecule has 40 heavy (non-hydrogen) atoms. The van der Waals surface area contributed by atoms with Crippen LogP contribution in [0.3, 0.4) is 0 Å². The van der Waals surface area contributed by atoms with Crippen LogP contribution in [0.25, 0.3) is 0 Å². The molecular formula is C32H55N3O5. The Hall–Kier alpha value is -2.77. The summed E-state index contributed by atoms with van der Waals surface area (Å²) < 4.78 is 5.47. The van der Waals surface area contributed by atoms with Gasteiger partial charge in [-0.1, -0.05) is 84.4 Å². The summed E-state index contributed by atoms with van der Waals surface area (Å²) in [5.74, 6) is -0.595. The topological polar surface area (TPSA) is 108 Å². The van der Waals surface area contributed by atoms with Gasteiger partial charge in [0.05, 0.1) is 0 Å². The Morgan fingerprint density at radius 3 is 2.20 bits per heavy atom. The highest BCUT2D eigenvalue weighted by atomic mass is 16.6. The van der Waals surface area contributed by atoms with Crippen molar-refractivity contribution < 1.29 is 24.2 Å². The van der Waals surface area contributed by atoms with Gasteiger partial charge in [0.25, 0.3) is 0 Å². The second-order valence-electron chi connectivity index (χ2n) is 12.2. The minimum Gasteiger partial charge on any atom is -0.507 e. The quantitative estimate of drug-likeness (QED) is 0.182. The summed E-state index contributed by atoms with van der Waals surface area (Å²) >= 11 is 0. The van der Waals surface area contributed by atoms with Gasteiger partial charge >= 0.3 is 6.09 Å². The van der Waals surface area contributed by atoms with E-state index in [0.717, 1.165) is 38.5 Å². The Bertz CT molecular complexity index is 926. The van der Waals surface area contributed by atoms with E-state index in [-0.39, 0.29) is 23.5 Å². The molecule has 3 amide bonds. The predicted molar refractivity (Wildman–Crippen MR) is 161 cm³/mol. The largest absolute Gasteiger partial charge is 0.507 e. The Balaban J connectivity index is 3.49. The lowest BCUT2D eigenvalue weighted by molar-refractivity contribution is -0.143. The molecule has 1 aromatic rings. The lowest BCUT2D eigenvalue weighted by Gasteiger charge is -2.35. The average molecular weight is 562 g/mol. The van der Waals surface area contributed by atoms with Gasteiger partial charge in [-0.15, -0.1) is 0 Å². The molecule has 0 aliphatic heterocycles. The molecule has 0 heterocycles. The Labute approximate surface area is 242 Å². The molecule has 0 saturated carbocycles. The van der Waals surface area contributed by atoms with Crippen LogP contribution in [0.1, 0.15) is 123 Å². The molecular weight excluding hydrogens is 506 g/mol. The van der Waals surface area contributed by atoms with Crippen molar-refractivity contribution in [2.45, 2.75) is 131 Å². The number of benzene rings is 1. The van der Waals surface area contributed by atoms with Crippen molar-refractivity contribution >= 4 is 17.9 Å². The summed E-state index contributed by atoms with van der Waals surface area (Å²) in [6.45, 7) is 16.1. The van der Waals surface area contributed by atoms with Crippen molar-refractivity contribution in [3.8, 4) is 5.75 Å². The third-order valence-electron chi connectivity index (χ3n) is 6.68. The third-order valence-corrected chi connectivity index (χ3v) is 6.68. The molecule has 8 nitrogen and oxygen atoms in total. The van der Waals surface area contributed by atoms with E-state index in [0.29, 0.717) is 37.1 Å². The number of phenols is 1. The van der Waals surface area contributed by atoms with E-state index >= 15 is 0 Å². The fourth-order valence-corrected chi connectivity index (χ4v) is 4.61. The van der Waals surface area contributed by atoms with Crippen molar-refractivity contribution in [1.29, 1.82) is 0 Å². The second-order valence-corrected chi connectivity index (χ2v) is 12.2. The molecule has 1 rings (SSSR count). The van der Waals surface area contributed by atoms with E-state index in [4.69, 9.17) is 4.74 Å². The van der Waals surface area contributed by atoms with Gasteiger partial charge in [-0.2, -0.15) is 0 Å². The normalized spacial score (nSPS) is 13.0. The van der Waals surface area contributed by atoms with Crippen LogP contribution in [0, 0.1) is 12.8 Å². The first-order valence-corrected chi connectivity index (χ1v) is 15.2. The SMILES string of the molecule is CCCCCCCCN(C(=O)C(CC(C)C)NC(=O)OC(C)(C)C)C(C(=O)NCCCC)c1cccc(C)c1O. The maximum Gasteiger partial charge on any atom is 0.408 e. The number of carbonyl (C=O) groups is 3. The Morgan fingerprint density at radius 1 is 0.975 bits per heavy atom. The van der Waals surface area contributed by atoms with Crippen LogP contribution in [-0.2, 0) is 14.3 Å². The average Bonchev–Trinajstić information content (AvgIpc) is 2.85. The number of alkyl carbamates (subject to hydrolysis) is 1. The zero-order valence-corrected chi connectivity index (χ0v) is 26.3. The minimum absolute atomic E-state index is 0.000557. The molecule has 0 aliphatic rings. The van der Waals surface area contributed by atoms with Crippen LogP contribution in [0.15, 0.2) is 18.2 Å². The number of amides is 3. The van der Waals surface area contributed by atoms with Crippen molar-refractivity contribution in [3.05, 3.63) is 29.3 Å². The first kappa shape index (κ1) is 35.3. The summed E-state index contributed by atoms with van der Waals surface area (Å²) in [5, 5.41) is 16.8. The fraction of sp³-hybridized carbons (Fsp3) is 0.719. The van der Waals surface area contributed by atoms with Gasteiger partial charge in [-0.25, -0.2) is 4.79 Å². The number of hydrogen-bond donors (Lipinski definition) is 3. The van der Waals surface area contributed by atoms with E-state index in [2.05, 4.69) is 17.6 Å².